The lowest BCUT2D eigenvalue weighted by Crippen LogP contribution is -2.28. The number of carbonyl (C=O) groups excluding carboxylic acids is 1. The lowest BCUT2D eigenvalue weighted by atomic mass is 10.1. The number of aliphatic hydroxyl groups excluding tert-OH is 1. The maximum Gasteiger partial charge on any atom is 0.251 e. The molecule has 0 saturated carbocycles. The Morgan fingerprint density at radius 1 is 1.21 bits per heavy atom. The highest BCUT2D eigenvalue weighted by molar-refractivity contribution is 5.93. The molecule has 1 heterocycles. The van der Waals surface area contributed by atoms with Crippen LogP contribution in [0.5, 0.6) is 0 Å². The second-order valence-electron chi connectivity index (χ2n) is 4.37. The molecule has 2 aromatic rings. The van der Waals surface area contributed by atoms with Gasteiger partial charge in [-0.3, -0.25) is 9.78 Å². The summed E-state index contributed by atoms with van der Waals surface area (Å²) in [4.78, 5) is 15.6. The average Bonchev–Trinajstić information content (AvgIpc) is 2.46. The van der Waals surface area contributed by atoms with E-state index in [2.05, 4.69) is 10.3 Å². The molecule has 4 nitrogen and oxygen atoms in total. The molecule has 1 atom stereocenters. The first-order valence-electron chi connectivity index (χ1n) is 6.09. The van der Waals surface area contributed by atoms with Crippen molar-refractivity contribution in [3.05, 3.63) is 65.5 Å². The molecule has 4 heteroatoms. The molecule has 98 valence electrons. The molecule has 0 radical (unpaired) electrons. The number of nitrogens with one attached hydrogen (secondary N) is 1. The van der Waals surface area contributed by atoms with Crippen LogP contribution in [0.25, 0.3) is 0 Å². The van der Waals surface area contributed by atoms with E-state index in [4.69, 9.17) is 0 Å². The Labute approximate surface area is 112 Å². The molecule has 0 bridgehead atoms. The smallest absolute Gasteiger partial charge is 0.251 e. The van der Waals surface area contributed by atoms with Gasteiger partial charge in [-0.1, -0.05) is 29.8 Å². The van der Waals surface area contributed by atoms with Crippen molar-refractivity contribution in [1.82, 2.24) is 10.3 Å². The van der Waals surface area contributed by atoms with Gasteiger partial charge in [0.25, 0.3) is 5.91 Å². The lowest BCUT2D eigenvalue weighted by Gasteiger charge is -2.12. The van der Waals surface area contributed by atoms with Crippen LogP contribution in [0.15, 0.2) is 48.8 Å². The van der Waals surface area contributed by atoms with Gasteiger partial charge in [0.2, 0.25) is 0 Å². The van der Waals surface area contributed by atoms with E-state index >= 15 is 0 Å². The highest BCUT2D eigenvalue weighted by Crippen LogP contribution is 2.12. The summed E-state index contributed by atoms with van der Waals surface area (Å²) in [7, 11) is 0. The molecule has 19 heavy (non-hydrogen) atoms. The van der Waals surface area contributed by atoms with Gasteiger partial charge in [-0.25, -0.2) is 0 Å². The Morgan fingerprint density at radius 3 is 2.47 bits per heavy atom. The highest BCUT2D eigenvalue weighted by atomic mass is 16.3. The zero-order chi connectivity index (χ0) is 13.7. The molecule has 0 fully saturated rings. The van der Waals surface area contributed by atoms with Crippen molar-refractivity contribution in [2.75, 3.05) is 6.54 Å². The molecule has 0 unspecified atom stereocenters. The quantitative estimate of drug-likeness (QED) is 0.877. The molecule has 0 aliphatic carbocycles. The molecule has 0 saturated heterocycles. The van der Waals surface area contributed by atoms with E-state index in [0.717, 1.165) is 11.1 Å². The topological polar surface area (TPSA) is 62.2 Å². The number of aryl methyl sites for hydroxylation is 1. The Bertz CT molecular complexity index is 538. The van der Waals surface area contributed by atoms with Crippen molar-refractivity contribution >= 4 is 5.91 Å². The Hall–Kier alpha value is -2.20. The average molecular weight is 256 g/mol. The molecular weight excluding hydrogens is 240 g/mol. The first-order valence-corrected chi connectivity index (χ1v) is 6.09. The minimum Gasteiger partial charge on any atom is -0.387 e. The number of hydrogen-bond donors (Lipinski definition) is 2. The van der Waals surface area contributed by atoms with E-state index in [0.29, 0.717) is 5.56 Å². The Morgan fingerprint density at radius 2 is 1.84 bits per heavy atom. The lowest BCUT2D eigenvalue weighted by molar-refractivity contribution is 0.0916. The van der Waals surface area contributed by atoms with Crippen molar-refractivity contribution in [3.63, 3.8) is 0 Å². The fourth-order valence-electron chi connectivity index (χ4n) is 1.70. The van der Waals surface area contributed by atoms with Crippen LogP contribution in [-0.4, -0.2) is 22.5 Å². The second-order valence-corrected chi connectivity index (χ2v) is 4.37. The van der Waals surface area contributed by atoms with Gasteiger partial charge in [0, 0.05) is 24.5 Å². The number of benzene rings is 1. The number of carbonyl (C=O) groups is 1. The predicted molar refractivity (Wildman–Crippen MR) is 72.7 cm³/mol. The molecule has 2 rings (SSSR count). The summed E-state index contributed by atoms with van der Waals surface area (Å²) >= 11 is 0. The summed E-state index contributed by atoms with van der Waals surface area (Å²) in [6.45, 7) is 2.17. The maximum absolute atomic E-state index is 11.8. The SMILES string of the molecule is Cc1ccc([C@H](O)CNC(=O)c2ccncc2)cc1. The predicted octanol–water partition coefficient (Wildman–Crippen LogP) is 1.85. The van der Waals surface area contributed by atoms with Gasteiger partial charge in [0.1, 0.15) is 0 Å². The number of pyridine rings is 1. The number of aliphatic hydroxyl groups is 1. The zero-order valence-corrected chi connectivity index (χ0v) is 10.7. The number of rotatable bonds is 4. The van der Waals surface area contributed by atoms with Crippen LogP contribution in [0.1, 0.15) is 27.6 Å². The third kappa shape index (κ3) is 3.63. The van der Waals surface area contributed by atoms with E-state index in [-0.39, 0.29) is 12.5 Å². The minimum atomic E-state index is -0.702. The van der Waals surface area contributed by atoms with E-state index in [1.54, 1.807) is 24.5 Å². The van der Waals surface area contributed by atoms with E-state index in [1.807, 2.05) is 31.2 Å². The van der Waals surface area contributed by atoms with Crippen LogP contribution in [0.4, 0.5) is 0 Å². The maximum atomic E-state index is 11.8. The van der Waals surface area contributed by atoms with Crippen LogP contribution in [-0.2, 0) is 0 Å². The van der Waals surface area contributed by atoms with Gasteiger partial charge < -0.3 is 10.4 Å². The second kappa shape index (κ2) is 6.11. The number of nitrogens with zero attached hydrogens (tertiary/aromatic N) is 1. The summed E-state index contributed by atoms with van der Waals surface area (Å²) in [5, 5.41) is 12.7. The van der Waals surface area contributed by atoms with Crippen molar-refractivity contribution in [2.45, 2.75) is 13.0 Å². The number of hydrogen-bond acceptors (Lipinski definition) is 3. The Kier molecular flexibility index (Phi) is 4.26. The summed E-state index contributed by atoms with van der Waals surface area (Å²) in [6, 6.07) is 10.9. The van der Waals surface area contributed by atoms with Crippen molar-refractivity contribution in [3.8, 4) is 0 Å². The fourth-order valence-corrected chi connectivity index (χ4v) is 1.70. The van der Waals surface area contributed by atoms with Crippen LogP contribution in [0.3, 0.4) is 0 Å². The summed E-state index contributed by atoms with van der Waals surface area (Å²) in [6.07, 6.45) is 2.42. The summed E-state index contributed by atoms with van der Waals surface area (Å²) < 4.78 is 0. The summed E-state index contributed by atoms with van der Waals surface area (Å²) in [5.74, 6) is -0.214. The van der Waals surface area contributed by atoms with Gasteiger partial charge in [0.15, 0.2) is 0 Å². The summed E-state index contributed by atoms with van der Waals surface area (Å²) in [5.41, 5.74) is 2.46. The molecule has 0 aliphatic heterocycles. The zero-order valence-electron chi connectivity index (χ0n) is 10.7. The first-order chi connectivity index (χ1) is 9.16. The third-order valence-electron chi connectivity index (χ3n) is 2.86. The van der Waals surface area contributed by atoms with Gasteiger partial charge in [0.05, 0.1) is 6.10 Å². The van der Waals surface area contributed by atoms with Crippen LogP contribution >= 0.6 is 0 Å². The number of amides is 1. The molecule has 2 N–H and O–H groups in total. The van der Waals surface area contributed by atoms with Crippen molar-refractivity contribution in [2.24, 2.45) is 0 Å². The first kappa shape index (κ1) is 13.2. The molecule has 1 aromatic carbocycles. The van der Waals surface area contributed by atoms with Crippen molar-refractivity contribution in [1.29, 1.82) is 0 Å². The van der Waals surface area contributed by atoms with Gasteiger partial charge in [-0.15, -0.1) is 0 Å². The minimum absolute atomic E-state index is 0.185. The molecule has 0 aliphatic rings. The van der Waals surface area contributed by atoms with Crippen LogP contribution in [0, 0.1) is 6.92 Å². The highest BCUT2D eigenvalue weighted by Gasteiger charge is 2.10. The molecular formula is C15H16N2O2. The van der Waals surface area contributed by atoms with Crippen LogP contribution in [0.2, 0.25) is 0 Å². The normalized spacial score (nSPS) is 11.9. The number of aromatic nitrogens is 1. The molecule has 1 amide bonds. The third-order valence-corrected chi connectivity index (χ3v) is 2.86. The van der Waals surface area contributed by atoms with E-state index in [9.17, 15) is 9.90 Å². The van der Waals surface area contributed by atoms with E-state index in [1.165, 1.54) is 0 Å². The molecule has 1 aromatic heterocycles. The largest absolute Gasteiger partial charge is 0.387 e. The monoisotopic (exact) mass is 256 g/mol. The molecule has 0 spiro atoms. The van der Waals surface area contributed by atoms with Gasteiger partial charge in [-0.2, -0.15) is 0 Å². The van der Waals surface area contributed by atoms with Gasteiger partial charge in [-0.05, 0) is 24.6 Å². The Balaban J connectivity index is 1.92. The van der Waals surface area contributed by atoms with Crippen LogP contribution < -0.4 is 5.32 Å². The van der Waals surface area contributed by atoms with E-state index < -0.39 is 6.10 Å². The standard InChI is InChI=1S/C15H16N2O2/c1-11-2-4-12(5-3-11)14(18)10-17-15(19)13-6-8-16-9-7-13/h2-9,14,18H,10H2,1H3,(H,17,19)/t14-/m1/s1. The van der Waals surface area contributed by atoms with Gasteiger partial charge >= 0.3 is 0 Å². The van der Waals surface area contributed by atoms with Crippen molar-refractivity contribution < 1.29 is 9.90 Å². The fraction of sp³-hybridized carbons (Fsp3) is 0.200.